The number of nitrogens with zero attached hydrogens (tertiary/aromatic N) is 4. The summed E-state index contributed by atoms with van der Waals surface area (Å²) in [6.45, 7) is 3.24. The van der Waals surface area contributed by atoms with Crippen LogP contribution in [0.5, 0.6) is 0 Å². The maximum atomic E-state index is 11.8. The van der Waals surface area contributed by atoms with Gasteiger partial charge in [0.2, 0.25) is 5.91 Å². The molecule has 2 heterocycles. The zero-order valence-corrected chi connectivity index (χ0v) is 8.58. The van der Waals surface area contributed by atoms with Crippen LogP contribution >= 0.6 is 0 Å². The van der Waals surface area contributed by atoms with Crippen molar-refractivity contribution in [2.24, 2.45) is 5.92 Å². The molecule has 82 valence electrons. The summed E-state index contributed by atoms with van der Waals surface area (Å²) in [5.41, 5.74) is 0. The highest BCUT2D eigenvalue weighted by molar-refractivity contribution is 5.80. The van der Waals surface area contributed by atoms with Crippen LogP contribution in [0.1, 0.15) is 13.0 Å². The van der Waals surface area contributed by atoms with Gasteiger partial charge in [0.05, 0.1) is 0 Å². The molecule has 1 aromatic heterocycles. The van der Waals surface area contributed by atoms with Crippen molar-refractivity contribution in [3.8, 4) is 0 Å². The van der Waals surface area contributed by atoms with Crippen LogP contribution in [0.4, 0.5) is 0 Å². The summed E-state index contributed by atoms with van der Waals surface area (Å²) in [6.07, 6.45) is 2.95. The summed E-state index contributed by atoms with van der Waals surface area (Å²) in [4.78, 5) is 17.4. The third-order valence-electron chi connectivity index (χ3n) is 2.72. The van der Waals surface area contributed by atoms with Gasteiger partial charge in [-0.25, -0.2) is 9.67 Å². The van der Waals surface area contributed by atoms with Crippen LogP contribution in [0.2, 0.25) is 0 Å². The van der Waals surface area contributed by atoms with Crippen LogP contribution in [-0.4, -0.2) is 50.4 Å². The van der Waals surface area contributed by atoms with Crippen LogP contribution in [0.15, 0.2) is 12.7 Å². The van der Waals surface area contributed by atoms with E-state index in [0.29, 0.717) is 13.1 Å². The largest absolute Gasteiger partial charge is 0.396 e. The predicted octanol–water partition coefficient (Wildman–Crippen LogP) is -0.710. The number of hydrogen-bond acceptors (Lipinski definition) is 4. The molecule has 15 heavy (non-hydrogen) atoms. The maximum absolute atomic E-state index is 11.8. The molecule has 1 aromatic rings. The van der Waals surface area contributed by atoms with Gasteiger partial charge in [0, 0.05) is 25.6 Å². The first kappa shape index (κ1) is 10.1. The van der Waals surface area contributed by atoms with Crippen molar-refractivity contribution in [2.75, 3.05) is 19.7 Å². The highest BCUT2D eigenvalue weighted by Gasteiger charge is 2.33. The fourth-order valence-corrected chi connectivity index (χ4v) is 1.66. The molecular weight excluding hydrogens is 196 g/mol. The Morgan fingerprint density at radius 1 is 1.67 bits per heavy atom. The molecule has 0 bridgehead atoms. The van der Waals surface area contributed by atoms with E-state index in [0.717, 1.165) is 0 Å². The van der Waals surface area contributed by atoms with E-state index in [2.05, 4.69) is 10.1 Å². The second kappa shape index (κ2) is 3.98. The lowest BCUT2D eigenvalue weighted by molar-refractivity contribution is -0.141. The summed E-state index contributed by atoms with van der Waals surface area (Å²) < 4.78 is 1.54. The van der Waals surface area contributed by atoms with Gasteiger partial charge in [-0.15, -0.1) is 0 Å². The second-order valence-corrected chi connectivity index (χ2v) is 3.84. The summed E-state index contributed by atoms with van der Waals surface area (Å²) in [5.74, 6) is 0.280. The molecule has 1 aliphatic rings. The molecule has 1 amide bonds. The average Bonchev–Trinajstić information content (AvgIpc) is 2.67. The van der Waals surface area contributed by atoms with Crippen molar-refractivity contribution in [2.45, 2.75) is 13.0 Å². The van der Waals surface area contributed by atoms with E-state index in [9.17, 15) is 4.79 Å². The smallest absolute Gasteiger partial charge is 0.247 e. The Hall–Kier alpha value is -1.43. The van der Waals surface area contributed by atoms with Crippen LogP contribution in [0.3, 0.4) is 0 Å². The molecule has 0 aromatic carbocycles. The van der Waals surface area contributed by atoms with Gasteiger partial charge < -0.3 is 10.0 Å². The lowest BCUT2D eigenvalue weighted by Gasteiger charge is -2.39. The maximum Gasteiger partial charge on any atom is 0.247 e. The van der Waals surface area contributed by atoms with Gasteiger partial charge in [-0.05, 0) is 6.92 Å². The van der Waals surface area contributed by atoms with E-state index in [-0.39, 0.29) is 24.5 Å². The Balaban J connectivity index is 1.92. The van der Waals surface area contributed by atoms with Gasteiger partial charge in [-0.2, -0.15) is 5.10 Å². The van der Waals surface area contributed by atoms with E-state index in [1.54, 1.807) is 11.8 Å². The molecule has 1 saturated heterocycles. The normalized spacial score (nSPS) is 18.7. The van der Waals surface area contributed by atoms with Gasteiger partial charge in [0.15, 0.2) is 0 Å². The van der Waals surface area contributed by atoms with Gasteiger partial charge >= 0.3 is 0 Å². The van der Waals surface area contributed by atoms with Gasteiger partial charge in [-0.3, -0.25) is 4.79 Å². The lowest BCUT2D eigenvalue weighted by Crippen LogP contribution is -2.53. The van der Waals surface area contributed by atoms with Gasteiger partial charge in [0.25, 0.3) is 0 Å². The molecule has 1 unspecified atom stereocenters. The van der Waals surface area contributed by atoms with Gasteiger partial charge in [0.1, 0.15) is 18.7 Å². The van der Waals surface area contributed by atoms with Crippen LogP contribution in [0.25, 0.3) is 0 Å². The molecule has 1 N–H and O–H groups in total. The Morgan fingerprint density at radius 2 is 2.40 bits per heavy atom. The predicted molar refractivity (Wildman–Crippen MR) is 51.9 cm³/mol. The second-order valence-electron chi connectivity index (χ2n) is 3.84. The molecule has 6 heteroatoms. The van der Waals surface area contributed by atoms with Crippen molar-refractivity contribution in [3.63, 3.8) is 0 Å². The van der Waals surface area contributed by atoms with Crippen LogP contribution in [0, 0.1) is 5.92 Å². The topological polar surface area (TPSA) is 71.2 Å². The molecule has 1 atom stereocenters. The van der Waals surface area contributed by atoms with Crippen molar-refractivity contribution in [1.29, 1.82) is 0 Å². The SMILES string of the molecule is CC(C(=O)N1CC(CO)C1)n1cncn1. The van der Waals surface area contributed by atoms with Crippen molar-refractivity contribution in [1.82, 2.24) is 19.7 Å². The molecule has 0 radical (unpaired) electrons. The molecule has 1 aliphatic heterocycles. The van der Waals surface area contributed by atoms with Crippen molar-refractivity contribution < 1.29 is 9.90 Å². The molecule has 6 nitrogen and oxygen atoms in total. The fourth-order valence-electron chi connectivity index (χ4n) is 1.66. The Kier molecular flexibility index (Phi) is 2.68. The van der Waals surface area contributed by atoms with E-state index in [4.69, 9.17) is 5.11 Å². The standard InChI is InChI=1S/C9H14N4O2/c1-7(13-6-10-5-11-13)9(15)12-2-8(3-12)4-14/h5-8,14H,2-4H2,1H3. The molecule has 0 aliphatic carbocycles. The first-order valence-corrected chi connectivity index (χ1v) is 4.96. The number of amides is 1. The van der Waals surface area contributed by atoms with Crippen molar-refractivity contribution >= 4 is 5.91 Å². The average molecular weight is 210 g/mol. The minimum Gasteiger partial charge on any atom is -0.396 e. The zero-order chi connectivity index (χ0) is 10.8. The van der Waals surface area contributed by atoms with E-state index in [1.165, 1.54) is 17.3 Å². The van der Waals surface area contributed by atoms with Crippen molar-refractivity contribution in [3.05, 3.63) is 12.7 Å². The first-order chi connectivity index (χ1) is 7.22. The van der Waals surface area contributed by atoms with E-state index >= 15 is 0 Å². The quantitative estimate of drug-likeness (QED) is 0.715. The minimum atomic E-state index is -0.313. The number of carbonyl (C=O) groups excluding carboxylic acids is 1. The number of carbonyl (C=O) groups is 1. The van der Waals surface area contributed by atoms with Gasteiger partial charge in [-0.1, -0.05) is 0 Å². The van der Waals surface area contributed by atoms with Crippen LogP contribution in [-0.2, 0) is 4.79 Å². The van der Waals surface area contributed by atoms with E-state index in [1.807, 2.05) is 0 Å². The number of likely N-dealkylation sites (tertiary alicyclic amines) is 1. The first-order valence-electron chi connectivity index (χ1n) is 4.96. The highest BCUT2D eigenvalue weighted by atomic mass is 16.3. The Bertz CT molecular complexity index is 332. The number of aliphatic hydroxyl groups excluding tert-OH is 1. The summed E-state index contributed by atoms with van der Waals surface area (Å²) in [7, 11) is 0. The number of rotatable bonds is 3. The minimum absolute atomic E-state index is 0.0326. The zero-order valence-electron chi connectivity index (χ0n) is 8.58. The Labute approximate surface area is 87.5 Å². The highest BCUT2D eigenvalue weighted by Crippen LogP contribution is 2.19. The molecule has 2 rings (SSSR count). The molecule has 0 spiro atoms. The molecular formula is C9H14N4O2. The lowest BCUT2D eigenvalue weighted by atomic mass is 10.0. The molecule has 1 fully saturated rings. The molecule has 0 saturated carbocycles. The Morgan fingerprint density at radius 3 is 2.93 bits per heavy atom. The fraction of sp³-hybridized carbons (Fsp3) is 0.667. The number of aliphatic hydroxyl groups is 1. The number of aromatic nitrogens is 3. The number of hydrogen-bond donors (Lipinski definition) is 1. The van der Waals surface area contributed by atoms with E-state index < -0.39 is 0 Å². The summed E-state index contributed by atoms with van der Waals surface area (Å²) in [5, 5.41) is 12.8. The monoisotopic (exact) mass is 210 g/mol. The third kappa shape index (κ3) is 1.85. The van der Waals surface area contributed by atoms with Crippen LogP contribution < -0.4 is 0 Å². The summed E-state index contributed by atoms with van der Waals surface area (Å²) >= 11 is 0. The third-order valence-corrected chi connectivity index (χ3v) is 2.72. The summed E-state index contributed by atoms with van der Waals surface area (Å²) in [6, 6.07) is -0.313.